The first kappa shape index (κ1) is 12.1. The first-order valence-electron chi connectivity index (χ1n) is 8.28. The van der Waals surface area contributed by atoms with Gasteiger partial charge < -0.3 is 0 Å². The van der Waals surface area contributed by atoms with Gasteiger partial charge in [0.05, 0.1) is 0 Å². The van der Waals surface area contributed by atoms with Gasteiger partial charge in [-0.3, -0.25) is 0 Å². The molecule has 3 aliphatic carbocycles. The van der Waals surface area contributed by atoms with Crippen LogP contribution in [0.2, 0.25) is 0 Å². The van der Waals surface area contributed by atoms with Crippen molar-refractivity contribution in [2.75, 3.05) is 0 Å². The van der Waals surface area contributed by atoms with Crippen molar-refractivity contribution in [2.24, 2.45) is 23.2 Å². The van der Waals surface area contributed by atoms with Gasteiger partial charge in [-0.25, -0.2) is 0 Å². The fourth-order valence-electron chi connectivity index (χ4n) is 5.27. The second kappa shape index (κ2) is 4.94. The van der Waals surface area contributed by atoms with Crippen LogP contribution in [0.25, 0.3) is 0 Å². The van der Waals surface area contributed by atoms with Gasteiger partial charge in [0.25, 0.3) is 0 Å². The van der Waals surface area contributed by atoms with Crippen LogP contribution in [0.15, 0.2) is 0 Å². The normalized spacial score (nSPS) is 41.8. The molecule has 0 aliphatic heterocycles. The molecule has 0 nitrogen and oxygen atoms in total. The molecule has 0 amide bonds. The molecule has 3 unspecified atom stereocenters. The zero-order valence-corrected chi connectivity index (χ0v) is 11.7. The minimum Gasteiger partial charge on any atom is -0.0594 e. The molecule has 0 spiro atoms. The van der Waals surface area contributed by atoms with Crippen molar-refractivity contribution in [1.82, 2.24) is 0 Å². The minimum atomic E-state index is 0.737. The Hall–Kier alpha value is 0. The molecular weight excluding hydrogens is 204 g/mol. The number of hydrogen-bond donors (Lipinski definition) is 0. The lowest BCUT2D eigenvalue weighted by molar-refractivity contribution is 0.0295. The maximum absolute atomic E-state index is 2.62. The lowest BCUT2D eigenvalue weighted by Crippen LogP contribution is -2.37. The summed E-state index contributed by atoms with van der Waals surface area (Å²) in [6, 6.07) is 0. The van der Waals surface area contributed by atoms with Crippen LogP contribution in [0.3, 0.4) is 0 Å². The summed E-state index contributed by atoms with van der Waals surface area (Å²) >= 11 is 0. The molecule has 3 aliphatic rings. The molecule has 0 aromatic heterocycles. The van der Waals surface area contributed by atoms with Gasteiger partial charge in [-0.05, 0) is 55.3 Å². The van der Waals surface area contributed by atoms with E-state index in [1.807, 2.05) is 0 Å². The van der Waals surface area contributed by atoms with Crippen molar-refractivity contribution in [2.45, 2.75) is 84.0 Å². The van der Waals surface area contributed by atoms with Gasteiger partial charge in [0.2, 0.25) is 0 Å². The third kappa shape index (κ3) is 2.42. The van der Waals surface area contributed by atoms with Gasteiger partial charge in [0, 0.05) is 0 Å². The average Bonchev–Trinajstić information content (AvgIpc) is 2.39. The molecule has 17 heavy (non-hydrogen) atoms. The predicted molar refractivity (Wildman–Crippen MR) is 74.0 cm³/mol. The Morgan fingerprint density at radius 1 is 0.706 bits per heavy atom. The fourth-order valence-corrected chi connectivity index (χ4v) is 5.27. The standard InChI is InChI=1S/C17H30/c1-17(11-5-2-6-12-17)16-10-9-14-7-3-4-8-15(14)13-16/h14-16H,2-13H2,1H3. The Morgan fingerprint density at radius 2 is 1.41 bits per heavy atom. The summed E-state index contributed by atoms with van der Waals surface area (Å²) in [6.07, 6.45) is 18.5. The highest BCUT2D eigenvalue weighted by Gasteiger charge is 2.41. The van der Waals surface area contributed by atoms with Crippen LogP contribution in [0.1, 0.15) is 84.0 Å². The summed E-state index contributed by atoms with van der Waals surface area (Å²) < 4.78 is 0. The van der Waals surface area contributed by atoms with Gasteiger partial charge >= 0.3 is 0 Å². The van der Waals surface area contributed by atoms with Gasteiger partial charge in [-0.1, -0.05) is 51.9 Å². The lowest BCUT2D eigenvalue weighted by atomic mass is 9.57. The van der Waals surface area contributed by atoms with Gasteiger partial charge in [-0.2, -0.15) is 0 Å². The summed E-state index contributed by atoms with van der Waals surface area (Å²) in [5.41, 5.74) is 0.737. The topological polar surface area (TPSA) is 0 Å². The first-order chi connectivity index (χ1) is 8.28. The first-order valence-corrected chi connectivity index (χ1v) is 8.28. The maximum atomic E-state index is 2.62. The molecule has 3 saturated carbocycles. The molecule has 0 N–H and O–H groups in total. The predicted octanol–water partition coefficient (Wildman–Crippen LogP) is 5.56. The zero-order valence-electron chi connectivity index (χ0n) is 11.7. The summed E-state index contributed by atoms with van der Waals surface area (Å²) in [4.78, 5) is 0. The summed E-state index contributed by atoms with van der Waals surface area (Å²) in [5, 5.41) is 0. The Balaban J connectivity index is 1.64. The van der Waals surface area contributed by atoms with E-state index >= 15 is 0 Å². The van der Waals surface area contributed by atoms with E-state index in [2.05, 4.69) is 6.92 Å². The summed E-state index contributed by atoms with van der Waals surface area (Å²) in [6.45, 7) is 2.62. The molecule has 3 atom stereocenters. The summed E-state index contributed by atoms with van der Waals surface area (Å²) in [7, 11) is 0. The number of fused-ring (bicyclic) bond motifs is 1. The van der Waals surface area contributed by atoms with Crippen LogP contribution in [-0.2, 0) is 0 Å². The monoisotopic (exact) mass is 234 g/mol. The molecule has 0 heterocycles. The molecule has 0 heteroatoms. The van der Waals surface area contributed by atoms with E-state index in [0.29, 0.717) is 0 Å². The van der Waals surface area contributed by atoms with Crippen LogP contribution < -0.4 is 0 Å². The average molecular weight is 234 g/mol. The van der Waals surface area contributed by atoms with E-state index in [4.69, 9.17) is 0 Å². The Bertz CT molecular complexity index is 249. The van der Waals surface area contributed by atoms with Crippen molar-refractivity contribution in [1.29, 1.82) is 0 Å². The SMILES string of the molecule is CC1(C2CCC3CCCCC3C2)CCCCC1. The molecule has 98 valence electrons. The molecule has 0 saturated heterocycles. The Kier molecular flexibility index (Phi) is 3.50. The molecular formula is C17H30. The van der Waals surface area contributed by atoms with Crippen molar-refractivity contribution in [3.05, 3.63) is 0 Å². The highest BCUT2D eigenvalue weighted by Crippen LogP contribution is 2.52. The minimum absolute atomic E-state index is 0.737. The van der Waals surface area contributed by atoms with E-state index in [-0.39, 0.29) is 0 Å². The molecule has 0 aromatic rings. The number of hydrogen-bond acceptors (Lipinski definition) is 0. The Morgan fingerprint density at radius 3 is 2.18 bits per heavy atom. The zero-order chi connectivity index (χ0) is 11.7. The Labute approximate surface area is 108 Å². The quantitative estimate of drug-likeness (QED) is 0.557. The summed E-state index contributed by atoms with van der Waals surface area (Å²) in [5.74, 6) is 3.34. The number of rotatable bonds is 1. The van der Waals surface area contributed by atoms with Crippen molar-refractivity contribution < 1.29 is 0 Å². The van der Waals surface area contributed by atoms with Crippen LogP contribution in [0, 0.1) is 23.2 Å². The van der Waals surface area contributed by atoms with Crippen molar-refractivity contribution in [3.63, 3.8) is 0 Å². The molecule has 0 aromatic carbocycles. The molecule has 3 rings (SSSR count). The lowest BCUT2D eigenvalue weighted by Gasteiger charge is -2.48. The van der Waals surface area contributed by atoms with Crippen LogP contribution in [0.5, 0.6) is 0 Å². The van der Waals surface area contributed by atoms with E-state index in [9.17, 15) is 0 Å². The molecule has 0 bridgehead atoms. The molecule has 3 fully saturated rings. The van der Waals surface area contributed by atoms with Crippen LogP contribution in [0.4, 0.5) is 0 Å². The maximum Gasteiger partial charge on any atom is -0.0297 e. The van der Waals surface area contributed by atoms with Crippen molar-refractivity contribution >= 4 is 0 Å². The molecule has 0 radical (unpaired) electrons. The van der Waals surface area contributed by atoms with E-state index < -0.39 is 0 Å². The van der Waals surface area contributed by atoms with Gasteiger partial charge in [0.15, 0.2) is 0 Å². The fraction of sp³-hybridized carbons (Fsp3) is 1.00. The van der Waals surface area contributed by atoms with Gasteiger partial charge in [0.1, 0.15) is 0 Å². The highest BCUT2D eigenvalue weighted by molar-refractivity contribution is 4.92. The van der Waals surface area contributed by atoms with Crippen LogP contribution in [-0.4, -0.2) is 0 Å². The smallest absolute Gasteiger partial charge is 0.0297 e. The third-order valence-electron chi connectivity index (χ3n) is 6.52. The van der Waals surface area contributed by atoms with E-state index in [0.717, 1.165) is 23.2 Å². The van der Waals surface area contributed by atoms with Gasteiger partial charge in [-0.15, -0.1) is 0 Å². The second-order valence-corrected chi connectivity index (χ2v) is 7.53. The van der Waals surface area contributed by atoms with Crippen LogP contribution >= 0.6 is 0 Å². The largest absolute Gasteiger partial charge is 0.0594 e. The van der Waals surface area contributed by atoms with Crippen molar-refractivity contribution in [3.8, 4) is 0 Å². The van der Waals surface area contributed by atoms with E-state index in [1.54, 1.807) is 32.1 Å². The third-order valence-corrected chi connectivity index (χ3v) is 6.52. The van der Waals surface area contributed by atoms with E-state index in [1.165, 1.54) is 44.9 Å². The highest BCUT2D eigenvalue weighted by atomic mass is 14.5. The second-order valence-electron chi connectivity index (χ2n) is 7.53.